The van der Waals surface area contributed by atoms with Crippen LogP contribution in [0.2, 0.25) is 0 Å². The van der Waals surface area contributed by atoms with Gasteiger partial charge in [-0.1, -0.05) is 54.6 Å². The maximum atomic E-state index is 4.54. The van der Waals surface area contributed by atoms with Crippen molar-refractivity contribution < 1.29 is 0 Å². The number of fused-ring (bicyclic) bond motifs is 2. The number of rotatable bonds is 2. The second kappa shape index (κ2) is 5.41. The molecule has 0 fully saturated rings. The summed E-state index contributed by atoms with van der Waals surface area (Å²) < 4.78 is 0. The molecule has 0 amide bonds. The van der Waals surface area contributed by atoms with Crippen LogP contribution in [0.3, 0.4) is 0 Å². The number of aliphatic imine (C=N–C) groups is 1. The zero-order valence-corrected chi connectivity index (χ0v) is 12.0. The molecular formula is C20H14N2. The van der Waals surface area contributed by atoms with E-state index >= 15 is 0 Å². The van der Waals surface area contributed by atoms with Crippen molar-refractivity contribution in [3.05, 3.63) is 84.6 Å². The highest BCUT2D eigenvalue weighted by atomic mass is 14.9. The van der Waals surface area contributed by atoms with Crippen LogP contribution in [0.1, 0.15) is 5.56 Å². The molecular weight excluding hydrogens is 268 g/mol. The molecule has 0 atom stereocenters. The Bertz CT molecular complexity index is 918. The number of hydrogen-bond acceptors (Lipinski definition) is 2. The van der Waals surface area contributed by atoms with Gasteiger partial charge in [-0.05, 0) is 39.7 Å². The SMILES string of the molecule is C(=Nc1ccccn1)c1c2ccccc2cc2ccccc12. The molecule has 0 unspecified atom stereocenters. The molecule has 22 heavy (non-hydrogen) atoms. The summed E-state index contributed by atoms with van der Waals surface area (Å²) in [4.78, 5) is 8.80. The van der Waals surface area contributed by atoms with Gasteiger partial charge < -0.3 is 0 Å². The van der Waals surface area contributed by atoms with E-state index in [1.807, 2.05) is 24.4 Å². The summed E-state index contributed by atoms with van der Waals surface area (Å²) in [6, 6.07) is 24.8. The number of pyridine rings is 1. The maximum Gasteiger partial charge on any atom is 0.151 e. The van der Waals surface area contributed by atoms with Crippen LogP contribution >= 0.6 is 0 Å². The first-order valence-electron chi connectivity index (χ1n) is 7.27. The lowest BCUT2D eigenvalue weighted by atomic mass is 9.97. The Morgan fingerprint density at radius 3 is 2.00 bits per heavy atom. The molecule has 2 heteroatoms. The molecule has 2 nitrogen and oxygen atoms in total. The quantitative estimate of drug-likeness (QED) is 0.369. The highest BCUT2D eigenvalue weighted by Crippen LogP contribution is 2.27. The van der Waals surface area contributed by atoms with Crippen molar-refractivity contribution in [1.29, 1.82) is 0 Å². The Kier molecular flexibility index (Phi) is 3.13. The Balaban J connectivity index is 1.98. The molecule has 1 heterocycles. The lowest BCUT2D eigenvalue weighted by Crippen LogP contribution is -1.88. The van der Waals surface area contributed by atoms with E-state index in [9.17, 15) is 0 Å². The van der Waals surface area contributed by atoms with Crippen molar-refractivity contribution >= 4 is 33.6 Å². The van der Waals surface area contributed by atoms with E-state index in [1.54, 1.807) is 6.20 Å². The van der Waals surface area contributed by atoms with Crippen LogP contribution < -0.4 is 0 Å². The number of aromatic nitrogens is 1. The molecule has 4 aromatic rings. The van der Waals surface area contributed by atoms with Crippen molar-refractivity contribution in [3.8, 4) is 0 Å². The second-order valence-corrected chi connectivity index (χ2v) is 5.18. The first kappa shape index (κ1) is 12.7. The zero-order valence-electron chi connectivity index (χ0n) is 12.0. The maximum absolute atomic E-state index is 4.54. The molecule has 0 N–H and O–H groups in total. The van der Waals surface area contributed by atoms with Gasteiger partial charge in [0.05, 0.1) is 0 Å². The van der Waals surface area contributed by atoms with E-state index in [2.05, 4.69) is 64.6 Å². The van der Waals surface area contributed by atoms with Crippen molar-refractivity contribution in [2.75, 3.05) is 0 Å². The Labute approximate surface area is 128 Å². The minimum absolute atomic E-state index is 0.722. The molecule has 0 saturated heterocycles. The van der Waals surface area contributed by atoms with Gasteiger partial charge in [0.15, 0.2) is 5.82 Å². The first-order chi connectivity index (χ1) is 10.9. The average molecular weight is 282 g/mol. The fourth-order valence-electron chi connectivity index (χ4n) is 2.75. The summed E-state index contributed by atoms with van der Waals surface area (Å²) in [6.07, 6.45) is 3.68. The second-order valence-electron chi connectivity index (χ2n) is 5.18. The lowest BCUT2D eigenvalue weighted by molar-refractivity contribution is 1.28. The van der Waals surface area contributed by atoms with Crippen LogP contribution in [-0.4, -0.2) is 11.2 Å². The molecule has 0 spiro atoms. The van der Waals surface area contributed by atoms with E-state index in [0.717, 1.165) is 11.4 Å². The van der Waals surface area contributed by atoms with Gasteiger partial charge in [-0.15, -0.1) is 0 Å². The van der Waals surface area contributed by atoms with Gasteiger partial charge in [0, 0.05) is 18.0 Å². The van der Waals surface area contributed by atoms with E-state index < -0.39 is 0 Å². The van der Waals surface area contributed by atoms with Gasteiger partial charge in [0.25, 0.3) is 0 Å². The molecule has 0 aliphatic rings. The highest BCUT2D eigenvalue weighted by molar-refractivity contribution is 6.13. The smallest absolute Gasteiger partial charge is 0.151 e. The van der Waals surface area contributed by atoms with Crippen molar-refractivity contribution in [2.45, 2.75) is 0 Å². The van der Waals surface area contributed by atoms with Crippen LogP contribution in [-0.2, 0) is 0 Å². The van der Waals surface area contributed by atoms with E-state index in [0.29, 0.717) is 0 Å². The fraction of sp³-hybridized carbons (Fsp3) is 0. The zero-order chi connectivity index (χ0) is 14.8. The van der Waals surface area contributed by atoms with E-state index in [1.165, 1.54) is 21.5 Å². The van der Waals surface area contributed by atoms with Gasteiger partial charge in [-0.3, -0.25) is 0 Å². The van der Waals surface area contributed by atoms with Crippen LogP contribution in [0.4, 0.5) is 5.82 Å². The average Bonchev–Trinajstić information content (AvgIpc) is 2.59. The van der Waals surface area contributed by atoms with Gasteiger partial charge in [0.2, 0.25) is 0 Å². The predicted molar refractivity (Wildman–Crippen MR) is 92.9 cm³/mol. The first-order valence-corrected chi connectivity index (χ1v) is 7.27. The van der Waals surface area contributed by atoms with Crippen molar-refractivity contribution in [1.82, 2.24) is 4.98 Å². The molecule has 104 valence electrons. The molecule has 0 aliphatic carbocycles. The summed E-state index contributed by atoms with van der Waals surface area (Å²) in [5.74, 6) is 0.722. The number of benzene rings is 3. The molecule has 0 saturated carbocycles. The lowest BCUT2D eigenvalue weighted by Gasteiger charge is -2.07. The minimum Gasteiger partial charge on any atom is -0.237 e. The van der Waals surface area contributed by atoms with Crippen LogP contribution in [0.15, 0.2) is 84.0 Å². The van der Waals surface area contributed by atoms with Gasteiger partial charge in [-0.2, -0.15) is 0 Å². The monoisotopic (exact) mass is 282 g/mol. The third-order valence-electron chi connectivity index (χ3n) is 3.79. The normalized spacial score (nSPS) is 11.5. The molecule has 4 rings (SSSR count). The van der Waals surface area contributed by atoms with Crippen LogP contribution in [0.5, 0.6) is 0 Å². The van der Waals surface area contributed by atoms with E-state index in [-0.39, 0.29) is 0 Å². The van der Waals surface area contributed by atoms with Crippen LogP contribution in [0, 0.1) is 0 Å². The summed E-state index contributed by atoms with van der Waals surface area (Å²) >= 11 is 0. The molecule has 0 bridgehead atoms. The summed E-state index contributed by atoms with van der Waals surface area (Å²) in [6.45, 7) is 0. The summed E-state index contributed by atoms with van der Waals surface area (Å²) in [5, 5.41) is 4.87. The van der Waals surface area contributed by atoms with Gasteiger partial charge in [0.1, 0.15) is 0 Å². The highest BCUT2D eigenvalue weighted by Gasteiger charge is 2.05. The third kappa shape index (κ3) is 2.25. The largest absolute Gasteiger partial charge is 0.237 e. The standard InChI is InChI=1S/C20H14N2/c1-3-9-17-15(7-1)13-16-8-2-4-10-18(16)19(17)14-22-20-11-5-6-12-21-20/h1-14H. The van der Waals surface area contributed by atoms with Crippen molar-refractivity contribution in [3.63, 3.8) is 0 Å². The Morgan fingerprint density at radius 1 is 0.727 bits per heavy atom. The number of hydrogen-bond donors (Lipinski definition) is 0. The predicted octanol–water partition coefficient (Wildman–Crippen LogP) is 5.14. The summed E-state index contributed by atoms with van der Waals surface area (Å²) in [7, 11) is 0. The molecule has 1 aromatic heterocycles. The van der Waals surface area contributed by atoms with Gasteiger partial charge in [-0.25, -0.2) is 9.98 Å². The van der Waals surface area contributed by atoms with Crippen molar-refractivity contribution in [2.24, 2.45) is 4.99 Å². The molecule has 0 radical (unpaired) electrons. The molecule has 3 aromatic carbocycles. The fourth-order valence-corrected chi connectivity index (χ4v) is 2.75. The van der Waals surface area contributed by atoms with Gasteiger partial charge >= 0.3 is 0 Å². The van der Waals surface area contributed by atoms with Crippen LogP contribution in [0.25, 0.3) is 21.5 Å². The molecule has 0 aliphatic heterocycles. The van der Waals surface area contributed by atoms with E-state index in [4.69, 9.17) is 0 Å². The third-order valence-corrected chi connectivity index (χ3v) is 3.79. The topological polar surface area (TPSA) is 25.2 Å². The Morgan fingerprint density at radius 2 is 1.36 bits per heavy atom. The summed E-state index contributed by atoms with van der Waals surface area (Å²) in [5.41, 5.74) is 1.14. The minimum atomic E-state index is 0.722. The number of nitrogens with zero attached hydrogens (tertiary/aromatic N) is 2. The Hall–Kier alpha value is -3.00.